The minimum absolute atomic E-state index is 0.0774. The minimum atomic E-state index is -0.0774. The lowest BCUT2D eigenvalue weighted by atomic mass is 10.2. The molecule has 2 N–H and O–H groups in total. The lowest BCUT2D eigenvalue weighted by molar-refractivity contribution is 0.149. The number of thioether (sulfide) groups is 1. The van der Waals surface area contributed by atoms with Crippen LogP contribution in [0.3, 0.4) is 0 Å². The maximum atomic E-state index is 9.59. The van der Waals surface area contributed by atoms with E-state index in [2.05, 4.69) is 17.1 Å². The molecule has 0 aromatic carbocycles. The van der Waals surface area contributed by atoms with E-state index in [1.165, 1.54) is 31.4 Å². The topological polar surface area (TPSA) is 32.3 Å². The maximum Gasteiger partial charge on any atom is 0.0693 e. The number of rotatable bonds is 3. The van der Waals surface area contributed by atoms with Gasteiger partial charge in [0.1, 0.15) is 0 Å². The molecule has 2 fully saturated rings. The fraction of sp³-hybridized carbons (Fsp3) is 1.00. The van der Waals surface area contributed by atoms with Crippen molar-refractivity contribution in [3.05, 3.63) is 0 Å². The molecule has 1 saturated carbocycles. The highest BCUT2D eigenvalue weighted by molar-refractivity contribution is 8.00. The van der Waals surface area contributed by atoms with Crippen LogP contribution < -0.4 is 5.32 Å². The normalized spacial score (nSPS) is 39.9. The van der Waals surface area contributed by atoms with E-state index in [1.54, 1.807) is 0 Å². The average molecular weight is 201 g/mol. The van der Waals surface area contributed by atoms with Crippen LogP contribution in [0.15, 0.2) is 0 Å². The van der Waals surface area contributed by atoms with Crippen molar-refractivity contribution in [1.29, 1.82) is 0 Å². The van der Waals surface area contributed by atoms with Gasteiger partial charge in [-0.2, -0.15) is 11.8 Å². The van der Waals surface area contributed by atoms with Gasteiger partial charge in [-0.15, -0.1) is 0 Å². The molecule has 2 rings (SSSR count). The lowest BCUT2D eigenvalue weighted by Crippen LogP contribution is -2.38. The minimum Gasteiger partial charge on any atom is -0.392 e. The largest absolute Gasteiger partial charge is 0.392 e. The summed E-state index contributed by atoms with van der Waals surface area (Å²) in [6.45, 7) is 1.10. The van der Waals surface area contributed by atoms with Gasteiger partial charge in [0, 0.05) is 17.8 Å². The molecule has 3 heteroatoms. The van der Waals surface area contributed by atoms with E-state index in [-0.39, 0.29) is 6.10 Å². The van der Waals surface area contributed by atoms with Crippen LogP contribution in [0.5, 0.6) is 0 Å². The summed E-state index contributed by atoms with van der Waals surface area (Å²) in [4.78, 5) is 0. The van der Waals surface area contributed by atoms with E-state index in [0.29, 0.717) is 6.04 Å². The third kappa shape index (κ3) is 2.61. The molecule has 0 amide bonds. The van der Waals surface area contributed by atoms with Gasteiger partial charge in [-0.3, -0.25) is 0 Å². The zero-order valence-corrected chi connectivity index (χ0v) is 8.85. The zero-order chi connectivity index (χ0) is 9.10. The van der Waals surface area contributed by atoms with Crippen LogP contribution in [0.25, 0.3) is 0 Å². The Kier molecular flexibility index (Phi) is 3.52. The summed E-state index contributed by atoms with van der Waals surface area (Å²) >= 11 is 2.08. The van der Waals surface area contributed by atoms with Gasteiger partial charge in [0.15, 0.2) is 0 Å². The molecule has 2 nitrogen and oxygen atoms in total. The third-order valence-corrected chi connectivity index (χ3v) is 4.51. The molecule has 1 aliphatic carbocycles. The van der Waals surface area contributed by atoms with Gasteiger partial charge in [-0.05, 0) is 37.9 Å². The summed E-state index contributed by atoms with van der Waals surface area (Å²) < 4.78 is 0. The van der Waals surface area contributed by atoms with E-state index in [9.17, 15) is 5.11 Å². The van der Waals surface area contributed by atoms with Gasteiger partial charge in [-0.25, -0.2) is 0 Å². The van der Waals surface area contributed by atoms with Crippen molar-refractivity contribution in [2.24, 2.45) is 0 Å². The SMILES string of the molecule is OC1CCCC1NCC1CCCS1. The molecule has 76 valence electrons. The highest BCUT2D eigenvalue weighted by Gasteiger charge is 2.25. The van der Waals surface area contributed by atoms with Crippen LogP contribution in [-0.4, -0.2) is 34.8 Å². The van der Waals surface area contributed by atoms with E-state index in [4.69, 9.17) is 0 Å². The number of hydrogen-bond acceptors (Lipinski definition) is 3. The Morgan fingerprint density at radius 1 is 1.23 bits per heavy atom. The summed E-state index contributed by atoms with van der Waals surface area (Å²) in [7, 11) is 0. The molecule has 3 atom stereocenters. The molecule has 3 unspecified atom stereocenters. The van der Waals surface area contributed by atoms with E-state index in [1.807, 2.05) is 0 Å². The van der Waals surface area contributed by atoms with Crippen molar-refractivity contribution in [2.45, 2.75) is 49.5 Å². The zero-order valence-electron chi connectivity index (χ0n) is 8.04. The van der Waals surface area contributed by atoms with Crippen LogP contribution in [-0.2, 0) is 0 Å². The van der Waals surface area contributed by atoms with Crippen molar-refractivity contribution >= 4 is 11.8 Å². The van der Waals surface area contributed by atoms with Gasteiger partial charge in [0.2, 0.25) is 0 Å². The standard InChI is InChI=1S/C10H19NOS/c12-10-5-1-4-9(10)11-7-8-3-2-6-13-8/h8-12H,1-7H2. The number of hydrogen-bond donors (Lipinski definition) is 2. The monoisotopic (exact) mass is 201 g/mol. The first kappa shape index (κ1) is 9.81. The Balaban J connectivity index is 1.66. The number of aliphatic hydroxyl groups is 1. The molecule has 13 heavy (non-hydrogen) atoms. The Hall–Kier alpha value is 0.270. The summed E-state index contributed by atoms with van der Waals surface area (Å²) in [5.41, 5.74) is 0. The number of aliphatic hydroxyl groups excluding tert-OH is 1. The first-order chi connectivity index (χ1) is 6.36. The summed E-state index contributed by atoms with van der Waals surface area (Å²) in [6.07, 6.45) is 6.02. The van der Waals surface area contributed by atoms with Gasteiger partial charge < -0.3 is 10.4 Å². The fourth-order valence-electron chi connectivity index (χ4n) is 2.27. The van der Waals surface area contributed by atoms with Gasteiger partial charge in [0.25, 0.3) is 0 Å². The molecule has 0 bridgehead atoms. The quantitative estimate of drug-likeness (QED) is 0.723. The second-order valence-corrected chi connectivity index (χ2v) is 5.56. The van der Waals surface area contributed by atoms with Crippen LogP contribution in [0, 0.1) is 0 Å². The van der Waals surface area contributed by atoms with Gasteiger partial charge in [0.05, 0.1) is 6.10 Å². The molecule has 0 spiro atoms. The predicted molar refractivity (Wildman–Crippen MR) is 57.1 cm³/mol. The smallest absolute Gasteiger partial charge is 0.0693 e. The Labute approximate surface area is 84.5 Å². The van der Waals surface area contributed by atoms with Gasteiger partial charge in [-0.1, -0.05) is 0 Å². The van der Waals surface area contributed by atoms with Crippen LogP contribution in [0.2, 0.25) is 0 Å². The maximum absolute atomic E-state index is 9.59. The molecule has 1 saturated heterocycles. The van der Waals surface area contributed by atoms with Gasteiger partial charge >= 0.3 is 0 Å². The van der Waals surface area contributed by atoms with Crippen molar-refractivity contribution in [2.75, 3.05) is 12.3 Å². The molecule has 1 heterocycles. The average Bonchev–Trinajstić information content (AvgIpc) is 2.72. The third-order valence-electron chi connectivity index (χ3n) is 3.11. The molecular formula is C10H19NOS. The van der Waals surface area contributed by atoms with E-state index in [0.717, 1.165) is 18.2 Å². The Bertz CT molecular complexity index is 159. The molecular weight excluding hydrogens is 182 g/mol. The second kappa shape index (κ2) is 4.67. The molecule has 1 aliphatic heterocycles. The highest BCUT2D eigenvalue weighted by atomic mass is 32.2. The first-order valence-electron chi connectivity index (χ1n) is 5.39. The van der Waals surface area contributed by atoms with E-state index < -0.39 is 0 Å². The molecule has 2 aliphatic rings. The molecule has 0 aromatic heterocycles. The van der Waals surface area contributed by atoms with Crippen molar-refractivity contribution in [1.82, 2.24) is 5.32 Å². The van der Waals surface area contributed by atoms with E-state index >= 15 is 0 Å². The predicted octanol–water partition coefficient (Wildman–Crippen LogP) is 1.39. The Morgan fingerprint density at radius 3 is 2.77 bits per heavy atom. The lowest BCUT2D eigenvalue weighted by Gasteiger charge is -2.18. The highest BCUT2D eigenvalue weighted by Crippen LogP contribution is 2.26. The van der Waals surface area contributed by atoms with Crippen molar-refractivity contribution in [3.8, 4) is 0 Å². The summed E-state index contributed by atoms with van der Waals surface area (Å²) in [5.74, 6) is 1.33. The summed E-state index contributed by atoms with van der Waals surface area (Å²) in [6, 6.07) is 0.390. The van der Waals surface area contributed by atoms with Crippen molar-refractivity contribution in [3.63, 3.8) is 0 Å². The Morgan fingerprint density at radius 2 is 2.15 bits per heavy atom. The van der Waals surface area contributed by atoms with Crippen LogP contribution >= 0.6 is 11.8 Å². The number of nitrogens with one attached hydrogen (secondary N) is 1. The second-order valence-electron chi connectivity index (χ2n) is 4.15. The van der Waals surface area contributed by atoms with Crippen LogP contribution in [0.1, 0.15) is 32.1 Å². The molecule has 0 aromatic rings. The summed E-state index contributed by atoms with van der Waals surface area (Å²) in [5, 5.41) is 13.9. The van der Waals surface area contributed by atoms with Crippen LogP contribution in [0.4, 0.5) is 0 Å². The molecule has 0 radical (unpaired) electrons. The fourth-order valence-corrected chi connectivity index (χ4v) is 3.48. The van der Waals surface area contributed by atoms with Crippen molar-refractivity contribution < 1.29 is 5.11 Å². The first-order valence-corrected chi connectivity index (χ1v) is 6.44.